The highest BCUT2D eigenvalue weighted by Crippen LogP contribution is 2.20. The largest absolute Gasteiger partial charge is 0.392 e. The van der Waals surface area contributed by atoms with Crippen molar-refractivity contribution in [2.75, 3.05) is 0 Å². The van der Waals surface area contributed by atoms with Gasteiger partial charge in [0.1, 0.15) is 0 Å². The molecule has 1 unspecified atom stereocenters. The zero-order valence-corrected chi connectivity index (χ0v) is 9.32. The summed E-state index contributed by atoms with van der Waals surface area (Å²) in [5.41, 5.74) is 1.78. The molecule has 0 amide bonds. The molecule has 1 atom stereocenters. The van der Waals surface area contributed by atoms with Gasteiger partial charge in [0.25, 0.3) is 0 Å². The first kappa shape index (κ1) is 12.2. The van der Waals surface area contributed by atoms with Crippen LogP contribution in [0.3, 0.4) is 0 Å². The molecule has 0 saturated carbocycles. The van der Waals surface area contributed by atoms with Crippen LogP contribution in [0.5, 0.6) is 0 Å². The maximum absolute atomic E-state index is 9.89. The van der Waals surface area contributed by atoms with Crippen LogP contribution in [-0.2, 0) is 6.61 Å². The Bertz CT molecular complexity index is 284. The summed E-state index contributed by atoms with van der Waals surface area (Å²) in [6.45, 7) is 2.19. The Balaban J connectivity index is 2.52. The van der Waals surface area contributed by atoms with Crippen molar-refractivity contribution in [3.63, 3.8) is 0 Å². The Morgan fingerprint density at radius 1 is 1.27 bits per heavy atom. The van der Waals surface area contributed by atoms with Crippen LogP contribution in [0, 0.1) is 0 Å². The lowest BCUT2D eigenvalue weighted by Crippen LogP contribution is -1.98. The predicted molar refractivity (Wildman–Crippen MR) is 61.5 cm³/mol. The molecular weight excluding hydrogens is 188 g/mol. The van der Waals surface area contributed by atoms with Crippen LogP contribution in [0.25, 0.3) is 0 Å². The minimum absolute atomic E-state index is 0.0372. The molecule has 0 spiro atoms. The van der Waals surface area contributed by atoms with Gasteiger partial charge >= 0.3 is 0 Å². The van der Waals surface area contributed by atoms with Crippen molar-refractivity contribution in [1.29, 1.82) is 0 Å². The summed E-state index contributed by atoms with van der Waals surface area (Å²) < 4.78 is 0. The molecule has 0 aliphatic heterocycles. The fraction of sp³-hybridized carbons (Fsp3) is 0.538. The standard InChI is InChI=1S/C13H20O2/c1-2-3-4-8-13(15)12-7-5-6-11(9-12)10-14/h5-7,9,13-15H,2-4,8,10H2,1H3. The molecule has 84 valence electrons. The van der Waals surface area contributed by atoms with Gasteiger partial charge in [0.2, 0.25) is 0 Å². The SMILES string of the molecule is CCCCCC(O)c1cccc(CO)c1. The van der Waals surface area contributed by atoms with Gasteiger partial charge in [-0.3, -0.25) is 0 Å². The van der Waals surface area contributed by atoms with Gasteiger partial charge in [0, 0.05) is 0 Å². The van der Waals surface area contributed by atoms with Crippen LogP contribution < -0.4 is 0 Å². The van der Waals surface area contributed by atoms with Gasteiger partial charge in [0.15, 0.2) is 0 Å². The van der Waals surface area contributed by atoms with E-state index in [0.717, 1.165) is 30.4 Å². The number of benzene rings is 1. The molecule has 0 saturated heterocycles. The fourth-order valence-corrected chi connectivity index (χ4v) is 1.65. The van der Waals surface area contributed by atoms with Crippen LogP contribution in [0.2, 0.25) is 0 Å². The highest BCUT2D eigenvalue weighted by molar-refractivity contribution is 5.24. The van der Waals surface area contributed by atoms with Gasteiger partial charge in [-0.15, -0.1) is 0 Å². The summed E-state index contributed by atoms with van der Waals surface area (Å²) >= 11 is 0. The van der Waals surface area contributed by atoms with Crippen LogP contribution in [0.4, 0.5) is 0 Å². The second-order valence-corrected chi connectivity index (χ2v) is 3.91. The van der Waals surface area contributed by atoms with Crippen LogP contribution in [-0.4, -0.2) is 10.2 Å². The molecule has 0 radical (unpaired) electrons. The highest BCUT2D eigenvalue weighted by Gasteiger charge is 2.06. The third-order valence-electron chi connectivity index (χ3n) is 2.60. The Hall–Kier alpha value is -0.860. The number of rotatable bonds is 6. The average Bonchev–Trinajstić information content (AvgIpc) is 2.29. The van der Waals surface area contributed by atoms with Gasteiger partial charge in [-0.2, -0.15) is 0 Å². The van der Waals surface area contributed by atoms with Crippen molar-refractivity contribution in [1.82, 2.24) is 0 Å². The minimum Gasteiger partial charge on any atom is -0.392 e. The number of aliphatic hydroxyl groups excluding tert-OH is 2. The van der Waals surface area contributed by atoms with Gasteiger partial charge in [-0.25, -0.2) is 0 Å². The second kappa shape index (κ2) is 6.59. The van der Waals surface area contributed by atoms with E-state index in [-0.39, 0.29) is 12.7 Å². The van der Waals surface area contributed by atoms with Gasteiger partial charge in [0.05, 0.1) is 12.7 Å². The summed E-state index contributed by atoms with van der Waals surface area (Å²) in [5.74, 6) is 0. The minimum atomic E-state index is -0.386. The van der Waals surface area contributed by atoms with E-state index in [4.69, 9.17) is 5.11 Å². The van der Waals surface area contributed by atoms with Crippen molar-refractivity contribution in [3.05, 3.63) is 35.4 Å². The Labute approximate surface area is 91.6 Å². The average molecular weight is 208 g/mol. The molecule has 0 aliphatic carbocycles. The zero-order chi connectivity index (χ0) is 11.1. The summed E-state index contributed by atoms with van der Waals surface area (Å²) in [5, 5.41) is 18.9. The summed E-state index contributed by atoms with van der Waals surface area (Å²) in [4.78, 5) is 0. The molecule has 1 aromatic carbocycles. The van der Waals surface area contributed by atoms with Crippen molar-refractivity contribution < 1.29 is 10.2 Å². The topological polar surface area (TPSA) is 40.5 Å². The fourth-order valence-electron chi connectivity index (χ4n) is 1.65. The predicted octanol–water partition coefficient (Wildman–Crippen LogP) is 2.79. The molecule has 0 aromatic heterocycles. The molecule has 0 heterocycles. The van der Waals surface area contributed by atoms with Crippen molar-refractivity contribution in [2.45, 2.75) is 45.3 Å². The second-order valence-electron chi connectivity index (χ2n) is 3.91. The Morgan fingerprint density at radius 3 is 2.73 bits per heavy atom. The molecule has 1 rings (SSSR count). The van der Waals surface area contributed by atoms with Crippen molar-refractivity contribution >= 4 is 0 Å². The van der Waals surface area contributed by atoms with Gasteiger partial charge in [-0.05, 0) is 17.5 Å². The number of hydrogen-bond acceptors (Lipinski definition) is 2. The lowest BCUT2D eigenvalue weighted by molar-refractivity contribution is 0.163. The molecule has 0 aliphatic rings. The van der Waals surface area contributed by atoms with E-state index >= 15 is 0 Å². The van der Waals surface area contributed by atoms with Crippen LogP contribution >= 0.6 is 0 Å². The Kier molecular flexibility index (Phi) is 5.37. The first-order valence-electron chi connectivity index (χ1n) is 5.65. The monoisotopic (exact) mass is 208 g/mol. The van der Waals surface area contributed by atoms with E-state index < -0.39 is 0 Å². The van der Waals surface area contributed by atoms with Crippen molar-refractivity contribution in [2.24, 2.45) is 0 Å². The first-order valence-corrected chi connectivity index (χ1v) is 5.65. The third-order valence-corrected chi connectivity index (χ3v) is 2.60. The van der Waals surface area contributed by atoms with Crippen molar-refractivity contribution in [3.8, 4) is 0 Å². The number of hydrogen-bond donors (Lipinski definition) is 2. The molecule has 0 fully saturated rings. The van der Waals surface area contributed by atoms with E-state index in [2.05, 4.69) is 6.92 Å². The quantitative estimate of drug-likeness (QED) is 0.706. The molecule has 15 heavy (non-hydrogen) atoms. The van der Waals surface area contributed by atoms with Gasteiger partial charge < -0.3 is 10.2 Å². The maximum atomic E-state index is 9.89. The molecule has 2 nitrogen and oxygen atoms in total. The lowest BCUT2D eigenvalue weighted by atomic mass is 10.0. The smallest absolute Gasteiger partial charge is 0.0790 e. The molecule has 0 bridgehead atoms. The molecular formula is C13H20O2. The highest BCUT2D eigenvalue weighted by atomic mass is 16.3. The van der Waals surface area contributed by atoms with Gasteiger partial charge in [-0.1, -0.05) is 50.5 Å². The van der Waals surface area contributed by atoms with Crippen LogP contribution in [0.1, 0.15) is 49.8 Å². The summed E-state index contributed by atoms with van der Waals surface area (Å²) in [7, 11) is 0. The number of aliphatic hydroxyl groups is 2. The normalized spacial score (nSPS) is 12.7. The van der Waals surface area contributed by atoms with Crippen LogP contribution in [0.15, 0.2) is 24.3 Å². The van der Waals surface area contributed by atoms with E-state index in [1.807, 2.05) is 24.3 Å². The molecule has 2 N–H and O–H groups in total. The summed E-state index contributed by atoms with van der Waals surface area (Å²) in [6.07, 6.45) is 3.81. The Morgan fingerprint density at radius 2 is 2.07 bits per heavy atom. The van der Waals surface area contributed by atoms with E-state index in [0.29, 0.717) is 0 Å². The maximum Gasteiger partial charge on any atom is 0.0790 e. The summed E-state index contributed by atoms with van der Waals surface area (Å²) in [6, 6.07) is 7.53. The van der Waals surface area contributed by atoms with E-state index in [1.165, 1.54) is 6.42 Å². The zero-order valence-electron chi connectivity index (χ0n) is 9.32. The van der Waals surface area contributed by atoms with E-state index in [1.54, 1.807) is 0 Å². The molecule has 2 heteroatoms. The molecule has 1 aromatic rings. The number of unbranched alkanes of at least 4 members (excludes halogenated alkanes) is 2. The third kappa shape index (κ3) is 4.02. The van der Waals surface area contributed by atoms with E-state index in [9.17, 15) is 5.11 Å². The first-order chi connectivity index (χ1) is 7.27. The lowest BCUT2D eigenvalue weighted by Gasteiger charge is -2.11.